The Labute approximate surface area is 196 Å². The summed E-state index contributed by atoms with van der Waals surface area (Å²) < 4.78 is 20.8. The summed E-state index contributed by atoms with van der Waals surface area (Å²) in [5.74, 6) is 0.459. The van der Waals surface area contributed by atoms with E-state index in [1.165, 1.54) is 10.7 Å². The summed E-state index contributed by atoms with van der Waals surface area (Å²) in [6.07, 6.45) is 0. The number of aromatic nitrogens is 2. The first kappa shape index (κ1) is 22.8. The molecule has 0 atom stereocenters. The number of azo groups is 1. The van der Waals surface area contributed by atoms with E-state index in [1.54, 1.807) is 49.6 Å². The monoisotopic (exact) mass is 460 g/mol. The van der Waals surface area contributed by atoms with Gasteiger partial charge in [-0.05, 0) is 61.4 Å². The highest BCUT2D eigenvalue weighted by molar-refractivity contribution is 5.68. The zero-order chi connectivity index (χ0) is 24.1. The van der Waals surface area contributed by atoms with E-state index in [0.717, 1.165) is 16.8 Å². The van der Waals surface area contributed by atoms with Crippen LogP contribution in [0.15, 0.2) is 81.8 Å². The Morgan fingerprint density at radius 3 is 2.35 bits per heavy atom. The minimum Gasteiger partial charge on any atom is -0.497 e. The van der Waals surface area contributed by atoms with Gasteiger partial charge in [0, 0.05) is 5.69 Å². The summed E-state index contributed by atoms with van der Waals surface area (Å²) in [4.78, 5) is 13.2. The lowest BCUT2D eigenvalue weighted by Crippen LogP contribution is -2.21. The maximum Gasteiger partial charge on any atom is 0.298 e. The van der Waals surface area contributed by atoms with Gasteiger partial charge in [-0.15, -0.1) is 5.11 Å². The number of hydrogen-bond acceptors (Lipinski definition) is 6. The molecule has 0 saturated carbocycles. The van der Waals surface area contributed by atoms with Gasteiger partial charge >= 0.3 is 0 Å². The van der Waals surface area contributed by atoms with Gasteiger partial charge in [-0.2, -0.15) is 5.11 Å². The standard InChI is InChI=1S/C25H25FN6O2/c1-16-7-6-8-17(2)22(16)27-15-32-25(33)23(30-29-18-11-13-19(34-3)14-12-18)24(31-32)28-21-10-5-4-9-20(21)26/h4-14,27-28,31H,15H2,1-3H3. The molecule has 0 aliphatic heterocycles. The van der Waals surface area contributed by atoms with Crippen LogP contribution >= 0.6 is 0 Å². The number of aryl methyl sites for hydroxylation is 2. The number of benzene rings is 3. The van der Waals surface area contributed by atoms with Crippen molar-refractivity contribution in [1.29, 1.82) is 0 Å². The Kier molecular flexibility index (Phi) is 6.72. The Hall–Kier alpha value is -4.40. The largest absolute Gasteiger partial charge is 0.497 e. The number of hydrogen-bond donors (Lipinski definition) is 3. The average molecular weight is 461 g/mol. The molecule has 1 heterocycles. The van der Waals surface area contributed by atoms with Crippen LogP contribution in [0.5, 0.6) is 5.75 Å². The van der Waals surface area contributed by atoms with E-state index in [2.05, 4.69) is 26.0 Å². The fourth-order valence-electron chi connectivity index (χ4n) is 3.47. The normalized spacial score (nSPS) is 11.1. The predicted molar refractivity (Wildman–Crippen MR) is 131 cm³/mol. The van der Waals surface area contributed by atoms with Gasteiger partial charge in [0.1, 0.15) is 18.2 Å². The zero-order valence-electron chi connectivity index (χ0n) is 19.1. The number of ether oxygens (including phenoxy) is 1. The minimum atomic E-state index is -0.456. The van der Waals surface area contributed by atoms with Gasteiger partial charge < -0.3 is 15.4 Å². The third kappa shape index (κ3) is 4.98. The number of para-hydroxylation sites is 2. The summed E-state index contributed by atoms with van der Waals surface area (Å²) >= 11 is 0. The number of H-pyrrole nitrogens is 1. The van der Waals surface area contributed by atoms with Crippen molar-refractivity contribution < 1.29 is 9.13 Å². The van der Waals surface area contributed by atoms with E-state index in [-0.39, 0.29) is 23.9 Å². The Morgan fingerprint density at radius 2 is 1.68 bits per heavy atom. The second-order valence-electron chi connectivity index (χ2n) is 7.67. The molecule has 3 aromatic carbocycles. The molecule has 9 heteroatoms. The number of anilines is 3. The molecule has 0 aliphatic carbocycles. The van der Waals surface area contributed by atoms with Gasteiger partial charge in [-0.3, -0.25) is 9.89 Å². The molecule has 0 spiro atoms. The summed E-state index contributed by atoms with van der Waals surface area (Å²) in [7, 11) is 1.58. The van der Waals surface area contributed by atoms with Crippen LogP contribution in [0.3, 0.4) is 0 Å². The summed E-state index contributed by atoms with van der Waals surface area (Å²) in [5, 5.41) is 17.5. The second-order valence-corrected chi connectivity index (χ2v) is 7.67. The first-order valence-electron chi connectivity index (χ1n) is 10.7. The quantitative estimate of drug-likeness (QED) is 0.274. The molecule has 0 radical (unpaired) electrons. The van der Waals surface area contributed by atoms with Gasteiger partial charge in [0.05, 0.1) is 18.5 Å². The van der Waals surface area contributed by atoms with Gasteiger partial charge in [0.15, 0.2) is 11.5 Å². The second kappa shape index (κ2) is 10.0. The average Bonchev–Trinajstić information content (AvgIpc) is 3.13. The Balaban J connectivity index is 1.67. The van der Waals surface area contributed by atoms with Crippen molar-refractivity contribution in [3.8, 4) is 5.75 Å². The lowest BCUT2D eigenvalue weighted by molar-refractivity contribution is 0.415. The number of rotatable bonds is 8. The first-order valence-corrected chi connectivity index (χ1v) is 10.7. The maximum atomic E-state index is 14.3. The highest BCUT2D eigenvalue weighted by Crippen LogP contribution is 2.27. The van der Waals surface area contributed by atoms with Gasteiger partial charge in [0.2, 0.25) is 0 Å². The molecule has 3 N–H and O–H groups in total. The molecular weight excluding hydrogens is 435 g/mol. The summed E-state index contributed by atoms with van der Waals surface area (Å²) in [5.41, 5.74) is 3.43. The van der Waals surface area contributed by atoms with Gasteiger partial charge in [0.25, 0.3) is 5.56 Å². The predicted octanol–water partition coefficient (Wildman–Crippen LogP) is 6.17. The van der Waals surface area contributed by atoms with Gasteiger partial charge in [-0.1, -0.05) is 30.3 Å². The molecule has 174 valence electrons. The number of methoxy groups -OCH3 is 1. The highest BCUT2D eigenvalue weighted by Gasteiger charge is 2.16. The third-order valence-electron chi connectivity index (χ3n) is 5.30. The smallest absolute Gasteiger partial charge is 0.298 e. The van der Waals surface area contributed by atoms with E-state index < -0.39 is 11.4 Å². The molecule has 0 saturated heterocycles. The molecule has 0 unspecified atom stereocenters. The van der Waals surface area contributed by atoms with Crippen LogP contribution in [0.1, 0.15) is 11.1 Å². The molecule has 4 aromatic rings. The summed E-state index contributed by atoms with van der Waals surface area (Å²) in [6, 6.07) is 19.1. The zero-order valence-corrected chi connectivity index (χ0v) is 19.1. The summed E-state index contributed by atoms with van der Waals surface area (Å²) in [6.45, 7) is 4.15. The van der Waals surface area contributed by atoms with E-state index in [9.17, 15) is 9.18 Å². The van der Waals surface area contributed by atoms with Crippen LogP contribution in [0.25, 0.3) is 0 Å². The van der Waals surface area contributed by atoms with E-state index in [4.69, 9.17) is 4.74 Å². The molecule has 1 aromatic heterocycles. The minimum absolute atomic E-state index is 0.0300. The van der Waals surface area contributed by atoms with E-state index >= 15 is 0 Å². The number of aromatic amines is 1. The van der Waals surface area contributed by atoms with Crippen molar-refractivity contribution >= 4 is 28.6 Å². The van der Waals surface area contributed by atoms with Crippen LogP contribution in [0.2, 0.25) is 0 Å². The molecule has 0 fully saturated rings. The van der Waals surface area contributed by atoms with Crippen molar-refractivity contribution in [3.05, 3.63) is 94.0 Å². The lowest BCUT2D eigenvalue weighted by atomic mass is 10.1. The number of nitrogens with one attached hydrogen (secondary N) is 3. The molecular formula is C25H25FN6O2. The lowest BCUT2D eigenvalue weighted by Gasteiger charge is -2.12. The Bertz CT molecular complexity index is 1350. The maximum absolute atomic E-state index is 14.3. The van der Waals surface area contributed by atoms with Crippen LogP contribution < -0.4 is 20.9 Å². The van der Waals surface area contributed by atoms with Crippen LogP contribution in [0, 0.1) is 19.7 Å². The van der Waals surface area contributed by atoms with E-state index in [0.29, 0.717) is 11.4 Å². The van der Waals surface area contributed by atoms with Crippen molar-refractivity contribution in [2.75, 3.05) is 17.7 Å². The van der Waals surface area contributed by atoms with Crippen molar-refractivity contribution in [3.63, 3.8) is 0 Å². The molecule has 0 bridgehead atoms. The van der Waals surface area contributed by atoms with Crippen molar-refractivity contribution in [1.82, 2.24) is 9.78 Å². The van der Waals surface area contributed by atoms with Crippen LogP contribution in [-0.2, 0) is 6.67 Å². The van der Waals surface area contributed by atoms with Crippen molar-refractivity contribution in [2.45, 2.75) is 20.5 Å². The topological polar surface area (TPSA) is 95.8 Å². The molecule has 8 nitrogen and oxygen atoms in total. The fourth-order valence-corrected chi connectivity index (χ4v) is 3.47. The molecule has 4 rings (SSSR count). The first-order chi connectivity index (χ1) is 16.5. The fraction of sp³-hybridized carbons (Fsp3) is 0.160. The number of halogens is 1. The van der Waals surface area contributed by atoms with Crippen molar-refractivity contribution in [2.24, 2.45) is 10.2 Å². The number of nitrogens with zero attached hydrogens (tertiary/aromatic N) is 3. The van der Waals surface area contributed by atoms with Gasteiger partial charge in [-0.25, -0.2) is 9.07 Å². The third-order valence-corrected chi connectivity index (χ3v) is 5.30. The SMILES string of the molecule is COc1ccc(N=Nc2c(Nc3ccccc3F)[nH]n(CNc3c(C)cccc3C)c2=O)cc1. The van der Waals surface area contributed by atoms with E-state index in [1.807, 2.05) is 32.0 Å². The van der Waals surface area contributed by atoms with Crippen LogP contribution in [0.4, 0.5) is 33.0 Å². The Morgan fingerprint density at radius 1 is 0.971 bits per heavy atom. The van der Waals surface area contributed by atoms with Crippen LogP contribution in [-0.4, -0.2) is 16.9 Å². The molecule has 0 amide bonds. The molecule has 34 heavy (non-hydrogen) atoms. The molecule has 0 aliphatic rings. The highest BCUT2D eigenvalue weighted by atomic mass is 19.1.